The topological polar surface area (TPSA) is 1030 Å². The van der Waals surface area contributed by atoms with Crippen molar-refractivity contribution in [3.8, 4) is 0 Å². The first-order chi connectivity index (χ1) is 53.1. The Balaban J connectivity index is -0.000000291. The summed E-state index contributed by atoms with van der Waals surface area (Å²) in [6.45, 7) is 1.50. The third-order valence-corrected chi connectivity index (χ3v) is 15.2. The fourth-order valence-electron chi connectivity index (χ4n) is 8.07. The monoisotopic (exact) mass is 1710 g/mol. The minimum atomic E-state index is -1.79. The van der Waals surface area contributed by atoms with Gasteiger partial charge in [-0.05, 0) is 13.8 Å². The van der Waals surface area contributed by atoms with Crippen LogP contribution in [0.2, 0.25) is 0 Å². The van der Waals surface area contributed by atoms with E-state index in [1.165, 1.54) is 34.6 Å². The molecule has 3 heterocycles. The maximum absolute atomic E-state index is 10.7. The molecule has 684 valence electrons. The number of aliphatic hydroxyl groups excluding tert-OH is 40. The van der Waals surface area contributed by atoms with E-state index in [1.54, 1.807) is 0 Å². The van der Waals surface area contributed by atoms with Crippen LogP contribution in [0.25, 0.3) is 0 Å². The van der Waals surface area contributed by atoms with Crippen molar-refractivity contribution in [2.24, 2.45) is 0 Å². The molecule has 0 saturated carbocycles. The Morgan fingerprint density at radius 2 is 0.417 bits per heavy atom. The van der Waals surface area contributed by atoms with Crippen molar-refractivity contribution in [2.75, 3.05) is 46.2 Å². The second-order valence-electron chi connectivity index (χ2n) is 24.5. The van der Waals surface area contributed by atoms with Crippen LogP contribution < -0.4 is 16.0 Å². The zero-order chi connectivity index (χ0) is 91.7. The Labute approximate surface area is 651 Å². The second kappa shape index (κ2) is 64.6. The van der Waals surface area contributed by atoms with Gasteiger partial charge in [-0.1, -0.05) is 0 Å². The Kier molecular flexibility index (Phi) is 67.7. The molecule has 0 spiro atoms. The number of aliphatic hydroxyl groups is 40. The van der Waals surface area contributed by atoms with E-state index in [1.807, 2.05) is 0 Å². The first-order valence-corrected chi connectivity index (χ1v) is 33.3. The van der Waals surface area contributed by atoms with Crippen LogP contribution in [0.3, 0.4) is 0 Å². The molecule has 55 nitrogen and oxygen atoms in total. The molecule has 0 aromatic rings. The lowest BCUT2D eigenvalue weighted by Gasteiger charge is -2.40. The molecule has 43 N–H and O–H groups in total. The Hall–Kier alpha value is -5.29. The summed E-state index contributed by atoms with van der Waals surface area (Å²) in [4.78, 5) is 91.5. The van der Waals surface area contributed by atoms with E-state index in [9.17, 15) is 89.1 Å². The predicted octanol–water partition coefficient (Wildman–Crippen LogP) is -27.5. The summed E-state index contributed by atoms with van der Waals surface area (Å²) >= 11 is 0. The van der Waals surface area contributed by atoms with Gasteiger partial charge in [-0.3, -0.25) is 14.4 Å². The Morgan fingerprint density at radius 3 is 0.530 bits per heavy atom. The van der Waals surface area contributed by atoms with Crippen molar-refractivity contribution in [3.63, 3.8) is 0 Å². The number of hydrogen-bond acceptors (Lipinski definition) is 52. The Bertz CT molecular complexity index is 2280. The van der Waals surface area contributed by atoms with Crippen LogP contribution in [0.15, 0.2) is 0 Å². The lowest BCUT2D eigenvalue weighted by Crippen LogP contribution is -2.63. The van der Waals surface area contributed by atoms with Crippen molar-refractivity contribution in [2.45, 2.75) is 273 Å². The zero-order valence-electron chi connectivity index (χ0n) is 61.7. The van der Waals surface area contributed by atoms with Crippen molar-refractivity contribution in [3.05, 3.63) is 0 Å². The third kappa shape index (κ3) is 45.6. The normalized spacial score (nSPS) is 29.1. The van der Waals surface area contributed by atoms with E-state index in [2.05, 4.69) is 16.0 Å². The summed E-state index contributed by atoms with van der Waals surface area (Å²) < 4.78 is 14.4. The quantitative estimate of drug-likeness (QED) is 0.0266. The minimum absolute atomic E-state index is 0.0258. The van der Waals surface area contributed by atoms with Gasteiger partial charge in [0.05, 0.1) is 58.5 Å². The first kappa shape index (κ1) is 121. The highest BCUT2D eigenvalue weighted by atomic mass is 16.6. The average molecular weight is 1710 g/mol. The van der Waals surface area contributed by atoms with Gasteiger partial charge in [0.2, 0.25) is 17.7 Å². The van der Waals surface area contributed by atoms with E-state index < -0.39 is 302 Å². The molecule has 0 bridgehead atoms. The fourth-order valence-corrected chi connectivity index (χ4v) is 8.07. The molecular formula is C60H117N3O52. The molecule has 115 heavy (non-hydrogen) atoms. The molecule has 39 atom stereocenters. The molecule has 0 radical (unpaired) electrons. The van der Waals surface area contributed by atoms with Gasteiger partial charge in [-0.25, -0.2) is 0 Å². The zero-order valence-corrected chi connectivity index (χ0v) is 61.7. The number of amides is 3. The fraction of sp³-hybridized carbons (Fsp3) is 0.850. The molecule has 3 aliphatic rings. The molecule has 3 aliphatic heterocycles. The molecule has 0 aromatic heterocycles. The van der Waals surface area contributed by atoms with Gasteiger partial charge in [0.1, 0.15) is 207 Å². The van der Waals surface area contributed by atoms with Crippen LogP contribution in [-0.2, 0) is 57.4 Å². The van der Waals surface area contributed by atoms with E-state index in [-0.39, 0.29) is 37.7 Å². The van der Waals surface area contributed by atoms with E-state index in [4.69, 9.17) is 173 Å². The van der Waals surface area contributed by atoms with Crippen LogP contribution in [0.5, 0.6) is 0 Å². The smallest absolute Gasteiger partial charge is 0.217 e. The molecular weight excluding hydrogens is 1590 g/mol. The van der Waals surface area contributed by atoms with Gasteiger partial charge in [-0.15, -0.1) is 0 Å². The second-order valence-corrected chi connectivity index (χ2v) is 24.5. The van der Waals surface area contributed by atoms with E-state index in [0.29, 0.717) is 0 Å². The standard InChI is InChI=1S/3C8H15NO6.4C6H12O6.2C6H12O5/c3*1-3(11)9-5-7(13)6(12)4(2-10)15-8(5)14;4*7-1-3(9)5(11)6(12)4(10)2-8;2*1-3(8)5(10)6(11)4(9)2-7/h3*4-8,10,12-14H,2H2,1H3,(H,9,11);4*1,3-6,8-12H,2H2;2*2-6,8-11H,1H3/t3*4-,5-,6+,7-,8?;3-,4+,5+,6+;5*3-,4+,5+,6-/m111000000/s1. The highest BCUT2D eigenvalue weighted by Crippen LogP contribution is 2.22. The summed E-state index contributed by atoms with van der Waals surface area (Å²) in [5.74, 6) is -1.39. The van der Waals surface area contributed by atoms with Crippen molar-refractivity contribution < 1.29 is 262 Å². The predicted molar refractivity (Wildman–Crippen MR) is 363 cm³/mol. The van der Waals surface area contributed by atoms with Gasteiger partial charge in [0.25, 0.3) is 0 Å². The Morgan fingerprint density at radius 1 is 0.270 bits per heavy atom. The van der Waals surface area contributed by atoms with Crippen LogP contribution >= 0.6 is 0 Å². The number of carbonyl (C=O) groups excluding carboxylic acids is 9. The highest BCUT2D eigenvalue weighted by molar-refractivity contribution is 5.74. The maximum atomic E-state index is 10.7. The van der Waals surface area contributed by atoms with Crippen molar-refractivity contribution >= 4 is 55.4 Å². The molecule has 3 fully saturated rings. The number of rotatable bonds is 34. The molecule has 0 aliphatic carbocycles. The molecule has 3 rings (SSSR count). The maximum Gasteiger partial charge on any atom is 0.217 e. The van der Waals surface area contributed by atoms with Gasteiger partial charge in [0, 0.05) is 20.8 Å². The molecule has 3 amide bonds. The number of aldehydes is 6. The van der Waals surface area contributed by atoms with Crippen LogP contribution in [-0.4, -0.2) is 544 Å². The summed E-state index contributed by atoms with van der Waals surface area (Å²) in [6, 6.07) is -3.29. The summed E-state index contributed by atoms with van der Waals surface area (Å²) in [6.07, 6.45) is -54.8. The summed E-state index contributed by atoms with van der Waals surface area (Å²) in [5, 5.41) is 363. The third-order valence-electron chi connectivity index (χ3n) is 15.2. The molecule has 55 heteroatoms. The molecule has 3 unspecified atom stereocenters. The number of nitrogens with one attached hydrogen (secondary N) is 3. The number of carbonyl (C=O) groups is 9. The van der Waals surface area contributed by atoms with Crippen LogP contribution in [0, 0.1) is 0 Å². The summed E-state index contributed by atoms with van der Waals surface area (Å²) in [5.41, 5.74) is 0. The highest BCUT2D eigenvalue weighted by Gasteiger charge is 2.47. The van der Waals surface area contributed by atoms with Crippen molar-refractivity contribution in [1.82, 2.24) is 16.0 Å². The van der Waals surface area contributed by atoms with Crippen molar-refractivity contribution in [1.29, 1.82) is 0 Å². The van der Waals surface area contributed by atoms with Crippen LogP contribution in [0.1, 0.15) is 34.6 Å². The molecule has 3 saturated heterocycles. The summed E-state index contributed by atoms with van der Waals surface area (Å²) in [7, 11) is 0. The van der Waals surface area contributed by atoms with Gasteiger partial charge < -0.3 is 263 Å². The minimum Gasteiger partial charge on any atom is -0.394 e. The van der Waals surface area contributed by atoms with E-state index >= 15 is 0 Å². The number of ether oxygens (including phenoxy) is 3. The SMILES string of the molecule is CC(=O)N[C@H]1C(O)O[C@H](CO)[C@H](O)[C@@H]1O.CC(=O)N[C@H]1C(O)O[C@H](CO)[C@H](O)[C@@H]1O.CC(=O)N[C@H]1C(O)O[C@H](CO)[C@H](O)[C@@H]1O.C[C@H](O)[C@@H](O)[C@@H](O)[C@H](O)C=O.C[C@H](O)[C@@H](O)[C@@H](O)[C@H](O)C=O.O=C[C@H](O)[C@@H](O)[C@@H](O)[C@H](O)CO.O=C[C@H](O)[C@@H](O)[C@@H](O)[C@H](O)CO.O=C[C@H](O)[C@@H](O)[C@@H](O)[C@H](O)CO.O=C[C@H](O)[C@@H](O)[C@H](O)[C@H](O)CO. The average Bonchev–Trinajstić information content (AvgIpc) is 0.824. The lowest BCUT2D eigenvalue weighted by molar-refractivity contribution is -0.253. The van der Waals surface area contributed by atoms with Crippen LogP contribution in [0.4, 0.5) is 0 Å². The number of hydrogen-bond donors (Lipinski definition) is 43. The van der Waals surface area contributed by atoms with Gasteiger partial charge in [0.15, 0.2) is 56.6 Å². The van der Waals surface area contributed by atoms with Gasteiger partial charge >= 0.3 is 0 Å². The lowest BCUT2D eigenvalue weighted by atomic mass is 9.97. The largest absolute Gasteiger partial charge is 0.394 e. The van der Waals surface area contributed by atoms with E-state index in [0.717, 1.165) is 0 Å². The first-order valence-electron chi connectivity index (χ1n) is 33.3. The molecule has 0 aromatic carbocycles. The van der Waals surface area contributed by atoms with Gasteiger partial charge in [-0.2, -0.15) is 0 Å².